The van der Waals surface area contributed by atoms with Gasteiger partial charge in [-0.05, 0) is 64.5 Å². The maximum Gasteiger partial charge on any atom is 0.276 e. The second kappa shape index (κ2) is 9.79. The number of aromatic amines is 1. The van der Waals surface area contributed by atoms with Crippen LogP contribution >= 0.6 is 0 Å². The van der Waals surface area contributed by atoms with E-state index in [9.17, 15) is 4.79 Å². The molecule has 3 aromatic rings. The largest absolute Gasteiger partial charge is 0.382 e. The highest BCUT2D eigenvalue weighted by Gasteiger charge is 2.28. The average molecular weight is 448 g/mol. The number of rotatable bonds is 7. The number of benzene rings is 1. The molecule has 0 spiro atoms. The third kappa shape index (κ3) is 4.95. The summed E-state index contributed by atoms with van der Waals surface area (Å²) in [4.78, 5) is 31.4. The summed E-state index contributed by atoms with van der Waals surface area (Å²) < 4.78 is 0. The minimum atomic E-state index is -0.325. The van der Waals surface area contributed by atoms with E-state index in [2.05, 4.69) is 51.7 Å². The molecule has 2 aromatic heterocycles. The van der Waals surface area contributed by atoms with E-state index in [1.54, 1.807) is 0 Å². The quantitative estimate of drug-likeness (QED) is 0.375. The van der Waals surface area contributed by atoms with E-state index < -0.39 is 0 Å². The molecular formula is C25H33N7O. The highest BCUT2D eigenvalue weighted by Crippen LogP contribution is 2.27. The summed E-state index contributed by atoms with van der Waals surface area (Å²) in [6, 6.07) is 7.76. The van der Waals surface area contributed by atoms with Gasteiger partial charge in [-0.15, -0.1) is 0 Å². The minimum Gasteiger partial charge on any atom is -0.382 e. The van der Waals surface area contributed by atoms with Gasteiger partial charge in [-0.1, -0.05) is 18.6 Å². The third-order valence-electron chi connectivity index (χ3n) is 6.81. The molecule has 1 fully saturated rings. The number of H-pyrrole nitrogens is 1. The summed E-state index contributed by atoms with van der Waals surface area (Å²) in [5, 5.41) is 7.56. The summed E-state index contributed by atoms with van der Waals surface area (Å²) in [5.41, 5.74) is 8.46. The first-order valence-electron chi connectivity index (χ1n) is 11.8. The lowest BCUT2D eigenvalue weighted by Crippen LogP contribution is -2.48. The van der Waals surface area contributed by atoms with Crippen LogP contribution in [0.3, 0.4) is 0 Å². The molecule has 1 aliphatic rings. The molecule has 8 heteroatoms. The van der Waals surface area contributed by atoms with Gasteiger partial charge in [0.15, 0.2) is 5.69 Å². The molecular weight excluding hydrogens is 414 g/mol. The second-order valence-electron chi connectivity index (χ2n) is 9.25. The van der Waals surface area contributed by atoms with Gasteiger partial charge in [0.25, 0.3) is 5.56 Å². The molecule has 3 atom stereocenters. The molecule has 3 heterocycles. The Morgan fingerprint density at radius 1 is 1.24 bits per heavy atom. The molecule has 174 valence electrons. The van der Waals surface area contributed by atoms with Crippen LogP contribution in [0.2, 0.25) is 0 Å². The van der Waals surface area contributed by atoms with Crippen molar-refractivity contribution in [2.24, 2.45) is 5.73 Å². The van der Waals surface area contributed by atoms with Crippen molar-refractivity contribution in [3.8, 4) is 11.4 Å². The number of nitrogens with one attached hydrogen (secondary N) is 2. The first kappa shape index (κ1) is 23.0. The Morgan fingerprint density at radius 2 is 2.00 bits per heavy atom. The van der Waals surface area contributed by atoms with Crippen molar-refractivity contribution in [3.05, 3.63) is 52.2 Å². The number of fused-ring (bicyclic) bond motifs is 1. The Kier molecular flexibility index (Phi) is 6.83. The Morgan fingerprint density at radius 3 is 2.73 bits per heavy atom. The smallest absolute Gasteiger partial charge is 0.276 e. The Balaban J connectivity index is 1.53. The van der Waals surface area contributed by atoms with Crippen LogP contribution in [-0.4, -0.2) is 48.8 Å². The number of aryl methyl sites for hydroxylation is 1. The number of para-hydroxylation sites is 1. The van der Waals surface area contributed by atoms with Crippen LogP contribution in [0.15, 0.2) is 35.4 Å². The van der Waals surface area contributed by atoms with Crippen molar-refractivity contribution >= 4 is 16.9 Å². The lowest BCUT2D eigenvalue weighted by molar-refractivity contribution is 0.0580. The van der Waals surface area contributed by atoms with Crippen LogP contribution < -0.4 is 11.3 Å². The highest BCUT2D eigenvalue weighted by molar-refractivity contribution is 5.93. The Hall–Kier alpha value is -3.13. The number of aromatic nitrogens is 4. The summed E-state index contributed by atoms with van der Waals surface area (Å²) in [5.74, 6) is -0.202. The number of piperidine rings is 1. The van der Waals surface area contributed by atoms with Crippen LogP contribution in [0, 0.1) is 5.41 Å². The van der Waals surface area contributed by atoms with Crippen molar-refractivity contribution in [2.75, 3.05) is 0 Å². The van der Waals surface area contributed by atoms with Crippen molar-refractivity contribution in [3.63, 3.8) is 0 Å². The van der Waals surface area contributed by atoms with E-state index >= 15 is 0 Å². The van der Waals surface area contributed by atoms with Gasteiger partial charge in [0.1, 0.15) is 17.2 Å². The van der Waals surface area contributed by atoms with Gasteiger partial charge in [-0.2, -0.15) is 0 Å². The predicted molar refractivity (Wildman–Crippen MR) is 131 cm³/mol. The number of hydrogen-bond acceptors (Lipinski definition) is 6. The SMILES string of the molecule is CC(CCCc1cccc2nc(-c3cncc(C(=N)N)n3)c(=O)[nH]c12)N1C(C)CCCC1C. The number of amidine groups is 1. The molecule has 0 radical (unpaired) electrons. The molecule has 4 rings (SSSR count). The Bertz CT molecular complexity index is 1190. The molecule has 1 saturated heterocycles. The first-order valence-corrected chi connectivity index (χ1v) is 11.8. The molecule has 8 nitrogen and oxygen atoms in total. The second-order valence-corrected chi connectivity index (χ2v) is 9.25. The van der Waals surface area contributed by atoms with E-state index in [1.807, 2.05) is 12.1 Å². The molecule has 0 amide bonds. The topological polar surface area (TPSA) is 125 Å². The molecule has 3 unspecified atom stereocenters. The monoisotopic (exact) mass is 447 g/mol. The summed E-state index contributed by atoms with van der Waals surface area (Å²) in [6.45, 7) is 7.04. The predicted octanol–water partition coefficient (Wildman–Crippen LogP) is 3.64. The summed E-state index contributed by atoms with van der Waals surface area (Å²) >= 11 is 0. The molecule has 0 saturated carbocycles. The van der Waals surface area contributed by atoms with E-state index in [0.717, 1.165) is 30.3 Å². The average Bonchev–Trinajstić information content (AvgIpc) is 2.79. The third-order valence-corrected chi connectivity index (χ3v) is 6.81. The number of nitrogen functional groups attached to an aromatic ring is 1. The highest BCUT2D eigenvalue weighted by atomic mass is 16.1. The van der Waals surface area contributed by atoms with Gasteiger partial charge in [0.05, 0.1) is 23.4 Å². The van der Waals surface area contributed by atoms with E-state index in [1.165, 1.54) is 31.7 Å². The van der Waals surface area contributed by atoms with Gasteiger partial charge in [-0.25, -0.2) is 9.97 Å². The van der Waals surface area contributed by atoms with Crippen LogP contribution in [0.1, 0.15) is 64.1 Å². The normalized spacial score (nSPS) is 20.1. The maximum absolute atomic E-state index is 12.9. The van der Waals surface area contributed by atoms with E-state index in [0.29, 0.717) is 29.3 Å². The lowest BCUT2D eigenvalue weighted by atomic mass is 9.93. The summed E-state index contributed by atoms with van der Waals surface area (Å²) in [7, 11) is 0. The van der Waals surface area contributed by atoms with Gasteiger partial charge in [-0.3, -0.25) is 20.1 Å². The van der Waals surface area contributed by atoms with Crippen molar-refractivity contribution in [1.82, 2.24) is 24.8 Å². The van der Waals surface area contributed by atoms with Crippen LogP contribution in [0.5, 0.6) is 0 Å². The maximum atomic E-state index is 12.9. The number of likely N-dealkylation sites (tertiary alicyclic amines) is 1. The van der Waals surface area contributed by atoms with Gasteiger partial charge in [0, 0.05) is 18.1 Å². The van der Waals surface area contributed by atoms with Crippen molar-refractivity contribution in [2.45, 2.75) is 77.4 Å². The molecule has 1 aromatic carbocycles. The number of hydrogen-bond donors (Lipinski definition) is 3. The standard InChI is InChI=1S/C25H33N7O/c1-15-7-4-8-16(2)32(15)17(3)9-5-10-18-11-6-12-19-22(18)31-25(33)23(30-19)20-13-28-14-21(29-20)24(26)27/h6,11-17H,4-5,7-10H2,1-3H3,(H3,26,27)(H,31,33). The van der Waals surface area contributed by atoms with Crippen LogP contribution in [0.4, 0.5) is 0 Å². The fraction of sp³-hybridized carbons (Fsp3) is 0.480. The fourth-order valence-electron chi connectivity index (χ4n) is 5.21. The molecule has 1 aliphatic heterocycles. The van der Waals surface area contributed by atoms with E-state index in [4.69, 9.17) is 11.1 Å². The first-order chi connectivity index (χ1) is 15.8. The van der Waals surface area contributed by atoms with E-state index in [-0.39, 0.29) is 22.8 Å². The fourth-order valence-corrected chi connectivity index (χ4v) is 5.21. The van der Waals surface area contributed by atoms with Crippen LogP contribution in [0.25, 0.3) is 22.4 Å². The number of nitrogens with two attached hydrogens (primary N) is 1. The zero-order valence-electron chi connectivity index (χ0n) is 19.6. The zero-order chi connectivity index (χ0) is 23.5. The van der Waals surface area contributed by atoms with Gasteiger partial charge < -0.3 is 10.7 Å². The molecule has 0 bridgehead atoms. The molecule has 0 aliphatic carbocycles. The zero-order valence-corrected chi connectivity index (χ0v) is 19.6. The molecule has 4 N–H and O–H groups in total. The summed E-state index contributed by atoms with van der Waals surface area (Å²) in [6.07, 6.45) is 9.80. The van der Waals surface area contributed by atoms with Gasteiger partial charge >= 0.3 is 0 Å². The van der Waals surface area contributed by atoms with Crippen LogP contribution in [-0.2, 0) is 6.42 Å². The Labute approximate surface area is 194 Å². The minimum absolute atomic E-state index is 0.178. The van der Waals surface area contributed by atoms with Gasteiger partial charge in [0.2, 0.25) is 0 Å². The van der Waals surface area contributed by atoms with Crippen molar-refractivity contribution < 1.29 is 0 Å². The lowest BCUT2D eigenvalue weighted by Gasteiger charge is -2.43. The molecule has 33 heavy (non-hydrogen) atoms. The van der Waals surface area contributed by atoms with Crippen molar-refractivity contribution in [1.29, 1.82) is 5.41 Å². The number of nitrogens with zero attached hydrogens (tertiary/aromatic N) is 4.